The fourth-order valence-corrected chi connectivity index (χ4v) is 2.57. The Balaban J connectivity index is 2.07. The quantitative estimate of drug-likeness (QED) is 0.799. The zero-order valence-electron chi connectivity index (χ0n) is 10.9. The molecule has 3 atom stereocenters. The first kappa shape index (κ1) is 14.4. The smallest absolute Gasteiger partial charge is 0.330 e. The third kappa shape index (κ3) is 3.72. The van der Waals surface area contributed by atoms with Gasteiger partial charge in [-0.25, -0.2) is 0 Å². The van der Waals surface area contributed by atoms with Crippen LogP contribution < -0.4 is 5.73 Å². The number of nitrogens with two attached hydrogens (primary N) is 1. The second-order valence-corrected chi connectivity index (χ2v) is 5.55. The van der Waals surface area contributed by atoms with Gasteiger partial charge < -0.3 is 10.6 Å². The Kier molecular flexibility index (Phi) is 3.90. The second kappa shape index (κ2) is 5.15. The van der Waals surface area contributed by atoms with E-state index in [-0.39, 0.29) is 18.0 Å². The van der Waals surface area contributed by atoms with Crippen LogP contribution in [0.3, 0.4) is 0 Å². The molecule has 0 spiro atoms. The van der Waals surface area contributed by atoms with Crippen molar-refractivity contribution >= 4 is 5.91 Å². The molecular weight excluding hydrogens is 257 g/mol. The van der Waals surface area contributed by atoms with Gasteiger partial charge in [0.2, 0.25) is 5.91 Å². The van der Waals surface area contributed by atoms with Crippen molar-refractivity contribution < 1.29 is 18.0 Å². The number of carbonyl (C=O) groups is 1. The van der Waals surface area contributed by atoms with Gasteiger partial charge in [0.1, 0.15) is 6.54 Å². The molecule has 1 saturated carbocycles. The summed E-state index contributed by atoms with van der Waals surface area (Å²) in [5.74, 6) is -0.732. The van der Waals surface area contributed by atoms with Crippen LogP contribution in [0.4, 0.5) is 13.2 Å². The Morgan fingerprint density at radius 1 is 1.42 bits per heavy atom. The molecule has 2 aliphatic carbocycles. The van der Waals surface area contributed by atoms with Crippen LogP contribution >= 0.6 is 0 Å². The number of nitrogens with zero attached hydrogens (tertiary/aromatic N) is 1. The molecule has 0 aromatic carbocycles. The average Bonchev–Trinajstić information content (AvgIpc) is 3.06. The Bertz CT molecular complexity index is 377. The Labute approximate surface area is 110 Å². The Morgan fingerprint density at radius 2 is 2.05 bits per heavy atom. The predicted molar refractivity (Wildman–Crippen MR) is 65.2 cm³/mol. The minimum absolute atomic E-state index is 0.213. The molecule has 2 rings (SSSR count). The SMILES string of the molecule is CC(C1CC1)N(CC(F)(F)F)C(=O)C1C=CC(N)C1. The lowest BCUT2D eigenvalue weighted by molar-refractivity contribution is -0.167. The van der Waals surface area contributed by atoms with Gasteiger partial charge in [0.05, 0.1) is 5.92 Å². The summed E-state index contributed by atoms with van der Waals surface area (Å²) in [4.78, 5) is 13.3. The molecule has 1 amide bonds. The fraction of sp³-hybridized carbons (Fsp3) is 0.769. The van der Waals surface area contributed by atoms with Crippen molar-refractivity contribution in [3.63, 3.8) is 0 Å². The van der Waals surface area contributed by atoms with E-state index in [0.29, 0.717) is 6.42 Å². The van der Waals surface area contributed by atoms with E-state index >= 15 is 0 Å². The molecule has 3 nitrogen and oxygen atoms in total. The number of halogens is 3. The molecule has 108 valence electrons. The minimum Gasteiger partial charge on any atom is -0.330 e. The van der Waals surface area contributed by atoms with Crippen LogP contribution in [0.15, 0.2) is 12.2 Å². The summed E-state index contributed by atoms with van der Waals surface area (Å²) in [5.41, 5.74) is 5.66. The monoisotopic (exact) mass is 276 g/mol. The molecular formula is C13H19F3N2O. The van der Waals surface area contributed by atoms with Crippen molar-refractivity contribution in [3.8, 4) is 0 Å². The van der Waals surface area contributed by atoms with Crippen molar-refractivity contribution in [1.82, 2.24) is 4.90 Å². The van der Waals surface area contributed by atoms with Gasteiger partial charge in [0, 0.05) is 12.1 Å². The van der Waals surface area contributed by atoms with Gasteiger partial charge in [-0.1, -0.05) is 12.2 Å². The molecule has 0 aromatic rings. The van der Waals surface area contributed by atoms with Crippen molar-refractivity contribution in [2.75, 3.05) is 6.54 Å². The summed E-state index contributed by atoms with van der Waals surface area (Å²) >= 11 is 0. The molecule has 2 N–H and O–H groups in total. The van der Waals surface area contributed by atoms with Crippen molar-refractivity contribution in [3.05, 3.63) is 12.2 Å². The van der Waals surface area contributed by atoms with Gasteiger partial charge in [0.15, 0.2) is 0 Å². The highest BCUT2D eigenvalue weighted by molar-refractivity contribution is 5.81. The molecule has 0 aliphatic heterocycles. The summed E-state index contributed by atoms with van der Waals surface area (Å²) < 4.78 is 37.9. The number of rotatable bonds is 4. The number of hydrogen-bond acceptors (Lipinski definition) is 2. The third-order valence-electron chi connectivity index (χ3n) is 3.86. The topological polar surface area (TPSA) is 46.3 Å². The molecule has 1 fully saturated rings. The molecule has 0 bridgehead atoms. The lowest BCUT2D eigenvalue weighted by Crippen LogP contribution is -2.47. The van der Waals surface area contributed by atoms with Crippen LogP contribution in [0.2, 0.25) is 0 Å². The molecule has 3 unspecified atom stereocenters. The molecule has 0 radical (unpaired) electrons. The molecule has 0 aromatic heterocycles. The molecule has 6 heteroatoms. The average molecular weight is 276 g/mol. The van der Waals surface area contributed by atoms with E-state index in [0.717, 1.165) is 17.7 Å². The number of hydrogen-bond donors (Lipinski definition) is 1. The van der Waals surface area contributed by atoms with Gasteiger partial charge >= 0.3 is 6.18 Å². The highest BCUT2D eigenvalue weighted by atomic mass is 19.4. The van der Waals surface area contributed by atoms with Crippen LogP contribution in [0.25, 0.3) is 0 Å². The van der Waals surface area contributed by atoms with Gasteiger partial charge in [-0.3, -0.25) is 4.79 Å². The molecule has 0 saturated heterocycles. The lowest BCUT2D eigenvalue weighted by atomic mass is 10.0. The Morgan fingerprint density at radius 3 is 2.47 bits per heavy atom. The summed E-state index contributed by atoms with van der Waals surface area (Å²) in [6, 6.07) is -0.572. The first-order chi connectivity index (χ1) is 8.78. The number of amides is 1. The maximum absolute atomic E-state index is 12.6. The number of carbonyl (C=O) groups excluding carboxylic acids is 1. The summed E-state index contributed by atoms with van der Waals surface area (Å²) in [5, 5.41) is 0. The molecule has 2 aliphatic rings. The van der Waals surface area contributed by atoms with Crippen LogP contribution in [-0.2, 0) is 4.79 Å². The van der Waals surface area contributed by atoms with Crippen LogP contribution in [0, 0.1) is 11.8 Å². The van der Waals surface area contributed by atoms with Crippen LogP contribution in [0.1, 0.15) is 26.2 Å². The summed E-state index contributed by atoms with van der Waals surface area (Å²) in [6.45, 7) is 0.545. The highest BCUT2D eigenvalue weighted by Gasteiger charge is 2.42. The van der Waals surface area contributed by atoms with Crippen molar-refractivity contribution in [2.24, 2.45) is 17.6 Å². The van der Waals surface area contributed by atoms with Crippen molar-refractivity contribution in [1.29, 1.82) is 0 Å². The zero-order valence-corrected chi connectivity index (χ0v) is 10.9. The fourth-order valence-electron chi connectivity index (χ4n) is 2.57. The third-order valence-corrected chi connectivity index (χ3v) is 3.86. The van der Waals surface area contributed by atoms with Gasteiger partial charge in [-0.15, -0.1) is 0 Å². The van der Waals surface area contributed by atoms with Gasteiger partial charge in [-0.05, 0) is 32.1 Å². The first-order valence-electron chi connectivity index (χ1n) is 6.59. The van der Waals surface area contributed by atoms with Crippen molar-refractivity contribution in [2.45, 2.75) is 44.4 Å². The van der Waals surface area contributed by atoms with E-state index < -0.39 is 24.5 Å². The van der Waals surface area contributed by atoms with E-state index in [1.54, 1.807) is 19.1 Å². The second-order valence-electron chi connectivity index (χ2n) is 5.55. The predicted octanol–water partition coefficient (Wildman–Crippen LogP) is 2.08. The van der Waals surface area contributed by atoms with E-state index in [1.807, 2.05) is 0 Å². The van der Waals surface area contributed by atoms with E-state index in [4.69, 9.17) is 5.73 Å². The number of alkyl halides is 3. The van der Waals surface area contributed by atoms with Gasteiger partial charge in [0.25, 0.3) is 0 Å². The van der Waals surface area contributed by atoms with E-state index in [2.05, 4.69) is 0 Å². The largest absolute Gasteiger partial charge is 0.406 e. The lowest BCUT2D eigenvalue weighted by Gasteiger charge is -2.32. The summed E-state index contributed by atoms with van der Waals surface area (Å²) in [6.07, 6.45) is 1.19. The van der Waals surface area contributed by atoms with Crippen LogP contribution in [0.5, 0.6) is 0 Å². The maximum atomic E-state index is 12.6. The van der Waals surface area contributed by atoms with Crippen LogP contribution in [-0.4, -0.2) is 35.6 Å². The standard InChI is InChI=1S/C13H19F3N2O/c1-8(9-2-3-9)18(7-13(14,15)16)12(19)10-4-5-11(17)6-10/h4-5,8-11H,2-3,6-7,17H2,1H3. The first-order valence-corrected chi connectivity index (χ1v) is 6.59. The summed E-state index contributed by atoms with van der Waals surface area (Å²) in [7, 11) is 0. The zero-order chi connectivity index (χ0) is 14.2. The maximum Gasteiger partial charge on any atom is 0.406 e. The highest BCUT2D eigenvalue weighted by Crippen LogP contribution is 2.37. The minimum atomic E-state index is -4.36. The van der Waals surface area contributed by atoms with E-state index in [9.17, 15) is 18.0 Å². The normalized spacial score (nSPS) is 28.5. The molecule has 19 heavy (non-hydrogen) atoms. The Hall–Kier alpha value is -1.04. The van der Waals surface area contributed by atoms with E-state index in [1.165, 1.54) is 0 Å². The molecule has 0 heterocycles. The van der Waals surface area contributed by atoms with Gasteiger partial charge in [-0.2, -0.15) is 13.2 Å².